The average molecular weight is 481 g/mol. The van der Waals surface area contributed by atoms with Crippen LogP contribution in [0.4, 0.5) is 28.0 Å². The molecule has 0 aromatic heterocycles. The molecule has 1 heterocycles. The van der Waals surface area contributed by atoms with Crippen molar-refractivity contribution in [3.05, 3.63) is 53.6 Å². The molecule has 2 aromatic rings. The molecular weight excluding hydrogens is 454 g/mol. The lowest BCUT2D eigenvalue weighted by Crippen LogP contribution is -2.52. The van der Waals surface area contributed by atoms with Gasteiger partial charge in [-0.3, -0.25) is 0 Å². The number of anilines is 1. The summed E-state index contributed by atoms with van der Waals surface area (Å²) in [5.41, 5.74) is 0.526. The van der Waals surface area contributed by atoms with E-state index < -0.39 is 24.3 Å². The summed E-state index contributed by atoms with van der Waals surface area (Å²) in [5.74, 6) is -1.13. The molecule has 0 bridgehead atoms. The zero-order valence-electron chi connectivity index (χ0n) is 18.9. The standard InChI is InChI=1S/C24H27F4N3O3/c1-31-10-9-24(14-3-6-19(34-22(27)28)20(11-14)33-2)8-7-16(13-21(24)31)29-23(32)30-18-12-15(25)4-5-17(18)26/h3-6,11-12,16,21-22H,7-10,13H2,1-2H3,(H2,29,30,32)/t16-,21+,24+/m1/s1. The molecular formula is C24H27F4N3O3. The molecule has 34 heavy (non-hydrogen) atoms. The number of halogens is 4. The van der Waals surface area contributed by atoms with Gasteiger partial charge in [0.2, 0.25) is 0 Å². The van der Waals surface area contributed by atoms with Gasteiger partial charge in [0.1, 0.15) is 11.6 Å². The first kappa shape index (κ1) is 24.1. The van der Waals surface area contributed by atoms with Gasteiger partial charge in [-0.25, -0.2) is 13.6 Å². The van der Waals surface area contributed by atoms with Crippen LogP contribution in [0.25, 0.3) is 0 Å². The predicted octanol–water partition coefficient (Wildman–Crippen LogP) is 4.89. The van der Waals surface area contributed by atoms with Gasteiger partial charge in [-0.1, -0.05) is 6.07 Å². The maximum atomic E-state index is 13.9. The number of benzene rings is 2. The quantitative estimate of drug-likeness (QED) is 0.577. The number of carbonyl (C=O) groups excluding carboxylic acids is 1. The van der Waals surface area contributed by atoms with Crippen molar-refractivity contribution in [3.63, 3.8) is 0 Å². The molecule has 184 valence electrons. The molecule has 2 aliphatic rings. The fourth-order valence-corrected chi connectivity index (χ4v) is 5.36. The molecule has 0 spiro atoms. The highest BCUT2D eigenvalue weighted by atomic mass is 19.3. The normalized spacial score (nSPS) is 24.6. The number of hydrogen-bond acceptors (Lipinski definition) is 4. The fraction of sp³-hybridized carbons (Fsp3) is 0.458. The van der Waals surface area contributed by atoms with E-state index in [0.29, 0.717) is 12.8 Å². The van der Waals surface area contributed by atoms with E-state index in [1.807, 2.05) is 7.05 Å². The number of urea groups is 1. The van der Waals surface area contributed by atoms with Crippen LogP contribution in [0.15, 0.2) is 36.4 Å². The number of hydrogen-bond donors (Lipinski definition) is 2. The average Bonchev–Trinajstić information content (AvgIpc) is 3.13. The molecule has 1 aliphatic carbocycles. The highest BCUT2D eigenvalue weighted by Gasteiger charge is 2.50. The third-order valence-electron chi connectivity index (χ3n) is 6.99. The van der Waals surface area contributed by atoms with Crippen LogP contribution in [0.1, 0.15) is 31.2 Å². The van der Waals surface area contributed by atoms with Gasteiger partial charge in [0.15, 0.2) is 11.5 Å². The molecule has 2 amide bonds. The fourth-order valence-electron chi connectivity index (χ4n) is 5.36. The second-order valence-electron chi connectivity index (χ2n) is 8.84. The maximum absolute atomic E-state index is 13.9. The minimum atomic E-state index is -2.95. The first-order valence-electron chi connectivity index (χ1n) is 11.1. The number of likely N-dealkylation sites (tertiary alicyclic amines) is 1. The van der Waals surface area contributed by atoms with Crippen LogP contribution in [0.3, 0.4) is 0 Å². The Balaban J connectivity index is 1.49. The van der Waals surface area contributed by atoms with Gasteiger partial charge < -0.3 is 25.0 Å². The van der Waals surface area contributed by atoms with E-state index >= 15 is 0 Å². The van der Waals surface area contributed by atoms with Crippen LogP contribution in [-0.4, -0.2) is 50.3 Å². The lowest BCUT2D eigenvalue weighted by Gasteiger charge is -2.45. The van der Waals surface area contributed by atoms with Crippen molar-refractivity contribution in [2.24, 2.45) is 0 Å². The van der Waals surface area contributed by atoms with E-state index in [9.17, 15) is 22.4 Å². The van der Waals surface area contributed by atoms with Crippen molar-refractivity contribution in [2.45, 2.75) is 49.8 Å². The molecule has 1 saturated heterocycles. The molecule has 0 radical (unpaired) electrons. The summed E-state index contributed by atoms with van der Waals surface area (Å²) >= 11 is 0. The van der Waals surface area contributed by atoms with Gasteiger partial charge in [-0.2, -0.15) is 8.78 Å². The van der Waals surface area contributed by atoms with Crippen LogP contribution < -0.4 is 20.1 Å². The molecule has 1 saturated carbocycles. The molecule has 1 aliphatic heterocycles. The number of rotatable bonds is 6. The number of carbonyl (C=O) groups is 1. The van der Waals surface area contributed by atoms with Crippen molar-refractivity contribution >= 4 is 11.7 Å². The van der Waals surface area contributed by atoms with Crippen molar-refractivity contribution in [2.75, 3.05) is 26.0 Å². The minimum Gasteiger partial charge on any atom is -0.493 e. The first-order valence-corrected chi connectivity index (χ1v) is 11.1. The van der Waals surface area contributed by atoms with E-state index in [1.54, 1.807) is 12.1 Å². The van der Waals surface area contributed by atoms with E-state index in [0.717, 1.165) is 43.1 Å². The summed E-state index contributed by atoms with van der Waals surface area (Å²) in [4.78, 5) is 14.7. The molecule has 2 N–H and O–H groups in total. The lowest BCUT2D eigenvalue weighted by molar-refractivity contribution is -0.0512. The predicted molar refractivity (Wildman–Crippen MR) is 118 cm³/mol. The summed E-state index contributed by atoms with van der Waals surface area (Å²) in [6.07, 6.45) is 2.94. The number of likely N-dealkylation sites (N-methyl/N-ethyl adjacent to an activating group) is 1. The number of methoxy groups -OCH3 is 1. The van der Waals surface area contributed by atoms with E-state index in [-0.39, 0.29) is 34.7 Å². The number of nitrogens with zero attached hydrogens (tertiary/aromatic N) is 1. The van der Waals surface area contributed by atoms with E-state index in [1.165, 1.54) is 13.2 Å². The second-order valence-corrected chi connectivity index (χ2v) is 8.84. The summed E-state index contributed by atoms with van der Waals surface area (Å²) in [6, 6.07) is 7.27. The van der Waals surface area contributed by atoms with Crippen LogP contribution >= 0.6 is 0 Å². The summed E-state index contributed by atoms with van der Waals surface area (Å²) in [7, 11) is 3.43. The maximum Gasteiger partial charge on any atom is 0.387 e. The van der Waals surface area contributed by atoms with Gasteiger partial charge in [-0.05, 0) is 69.1 Å². The molecule has 2 fully saturated rings. The molecule has 4 rings (SSSR count). The Hall–Kier alpha value is -3.01. The Morgan fingerprint density at radius 1 is 1.15 bits per heavy atom. The van der Waals surface area contributed by atoms with Crippen molar-refractivity contribution < 1.29 is 31.8 Å². The van der Waals surface area contributed by atoms with Gasteiger partial charge in [0.25, 0.3) is 0 Å². The van der Waals surface area contributed by atoms with Crippen molar-refractivity contribution in [3.8, 4) is 11.5 Å². The smallest absolute Gasteiger partial charge is 0.387 e. The van der Waals surface area contributed by atoms with Crippen molar-refractivity contribution in [1.29, 1.82) is 0 Å². The van der Waals surface area contributed by atoms with Gasteiger partial charge in [0, 0.05) is 23.6 Å². The molecule has 2 aromatic carbocycles. The Morgan fingerprint density at radius 2 is 1.94 bits per heavy atom. The number of alkyl halides is 2. The number of fused-ring (bicyclic) bond motifs is 1. The van der Waals surface area contributed by atoms with Crippen LogP contribution in [-0.2, 0) is 5.41 Å². The molecule has 0 unspecified atom stereocenters. The molecule has 6 nitrogen and oxygen atoms in total. The Morgan fingerprint density at radius 3 is 2.68 bits per heavy atom. The number of ether oxygens (including phenoxy) is 2. The third kappa shape index (κ3) is 4.77. The highest BCUT2D eigenvalue weighted by Crippen LogP contribution is 2.50. The largest absolute Gasteiger partial charge is 0.493 e. The summed E-state index contributed by atoms with van der Waals surface area (Å²) in [6.45, 7) is -2.10. The van der Waals surface area contributed by atoms with Crippen LogP contribution in [0.2, 0.25) is 0 Å². The summed E-state index contributed by atoms with van der Waals surface area (Å²) < 4.78 is 62.6. The Labute approximate surface area is 195 Å². The minimum absolute atomic E-state index is 0.0165. The second kappa shape index (κ2) is 9.69. The lowest BCUT2D eigenvalue weighted by atomic mass is 9.65. The highest BCUT2D eigenvalue weighted by molar-refractivity contribution is 5.89. The zero-order valence-corrected chi connectivity index (χ0v) is 18.9. The molecule has 3 atom stereocenters. The number of nitrogens with one attached hydrogen (secondary N) is 2. The topological polar surface area (TPSA) is 62.8 Å². The third-order valence-corrected chi connectivity index (χ3v) is 6.99. The van der Waals surface area contributed by atoms with Gasteiger partial charge in [0.05, 0.1) is 12.8 Å². The zero-order chi connectivity index (χ0) is 24.5. The monoisotopic (exact) mass is 481 g/mol. The number of amides is 2. The van der Waals surface area contributed by atoms with Crippen LogP contribution in [0.5, 0.6) is 11.5 Å². The Bertz CT molecular complexity index is 1050. The van der Waals surface area contributed by atoms with E-state index in [2.05, 4.69) is 20.3 Å². The van der Waals surface area contributed by atoms with Gasteiger partial charge in [-0.15, -0.1) is 0 Å². The molecule has 10 heteroatoms. The SMILES string of the molecule is COc1cc([C@@]23CC[C@@H](NC(=O)Nc4cc(F)ccc4F)C[C@@H]2N(C)CC3)ccc1OC(F)F. The van der Waals surface area contributed by atoms with Crippen molar-refractivity contribution in [1.82, 2.24) is 10.2 Å². The summed E-state index contributed by atoms with van der Waals surface area (Å²) in [5, 5.41) is 5.25. The van der Waals surface area contributed by atoms with Crippen LogP contribution in [0, 0.1) is 11.6 Å². The van der Waals surface area contributed by atoms with Gasteiger partial charge >= 0.3 is 12.6 Å². The Kier molecular flexibility index (Phi) is 6.88. The van der Waals surface area contributed by atoms with E-state index in [4.69, 9.17) is 4.74 Å². The first-order chi connectivity index (χ1) is 16.2.